The Labute approximate surface area is 94.8 Å². The van der Waals surface area contributed by atoms with E-state index >= 15 is 0 Å². The second kappa shape index (κ2) is 4.14. The normalized spacial score (nSPS) is 28.6. The molecule has 2 heterocycles. The highest BCUT2D eigenvalue weighted by molar-refractivity contribution is 4.82. The largest absolute Gasteiger partial charge is 0.347 e. The van der Waals surface area contributed by atoms with Crippen LogP contribution in [0.1, 0.15) is 32.1 Å². The van der Waals surface area contributed by atoms with Gasteiger partial charge in [-0.15, -0.1) is 0 Å². The fourth-order valence-corrected chi connectivity index (χ4v) is 2.59. The van der Waals surface area contributed by atoms with Gasteiger partial charge >= 0.3 is 0 Å². The molecule has 5 nitrogen and oxygen atoms in total. The molecular formula is C11H17N3O2. The summed E-state index contributed by atoms with van der Waals surface area (Å²) in [5.74, 6) is -0.274. The molecule has 0 N–H and O–H groups in total. The second-order valence-corrected chi connectivity index (χ2v) is 4.64. The topological polar surface area (TPSA) is 49.2 Å². The molecule has 1 aromatic rings. The lowest BCUT2D eigenvalue weighted by atomic mass is 9.94. The molecule has 3 rings (SSSR count). The lowest BCUT2D eigenvalue weighted by Gasteiger charge is -2.31. The first-order valence-corrected chi connectivity index (χ1v) is 6.01. The van der Waals surface area contributed by atoms with Crippen LogP contribution >= 0.6 is 0 Å². The Morgan fingerprint density at radius 2 is 2.19 bits per heavy atom. The molecule has 0 radical (unpaired) electrons. The number of rotatable bonds is 2. The molecule has 0 bridgehead atoms. The zero-order chi connectivity index (χ0) is 10.8. The molecule has 1 spiro atoms. The summed E-state index contributed by atoms with van der Waals surface area (Å²) in [5, 5.41) is 4.08. The Kier molecular flexibility index (Phi) is 2.65. The average Bonchev–Trinajstić information content (AvgIpc) is 2.92. The van der Waals surface area contributed by atoms with Crippen LogP contribution in [0.25, 0.3) is 0 Å². The summed E-state index contributed by atoms with van der Waals surface area (Å²) in [6.07, 6.45) is 9.22. The van der Waals surface area contributed by atoms with E-state index in [1.54, 1.807) is 17.3 Å². The van der Waals surface area contributed by atoms with Crippen molar-refractivity contribution >= 4 is 0 Å². The zero-order valence-electron chi connectivity index (χ0n) is 9.34. The Bertz CT molecular complexity index is 333. The maximum absolute atomic E-state index is 6.05. The number of hydrogen-bond acceptors (Lipinski definition) is 4. The molecule has 1 saturated carbocycles. The average molecular weight is 223 g/mol. The Balaban J connectivity index is 1.60. The van der Waals surface area contributed by atoms with E-state index in [4.69, 9.17) is 9.47 Å². The van der Waals surface area contributed by atoms with Crippen LogP contribution in [0.2, 0.25) is 0 Å². The third-order valence-corrected chi connectivity index (χ3v) is 3.39. The summed E-state index contributed by atoms with van der Waals surface area (Å²) >= 11 is 0. The van der Waals surface area contributed by atoms with E-state index in [0.29, 0.717) is 6.61 Å². The SMILES string of the molecule is c1ncn(C[C@H]2COC3(CCCCC3)O2)n1. The van der Waals surface area contributed by atoms with Gasteiger partial charge in [0.2, 0.25) is 0 Å². The molecule has 2 aliphatic rings. The van der Waals surface area contributed by atoms with Crippen molar-refractivity contribution in [2.75, 3.05) is 6.61 Å². The Hall–Kier alpha value is -0.940. The van der Waals surface area contributed by atoms with Crippen molar-refractivity contribution in [1.82, 2.24) is 14.8 Å². The Morgan fingerprint density at radius 3 is 2.94 bits per heavy atom. The van der Waals surface area contributed by atoms with Crippen LogP contribution in [0.3, 0.4) is 0 Å². The van der Waals surface area contributed by atoms with E-state index < -0.39 is 0 Å². The van der Waals surface area contributed by atoms with Crippen molar-refractivity contribution in [3.63, 3.8) is 0 Å². The fraction of sp³-hybridized carbons (Fsp3) is 0.818. The van der Waals surface area contributed by atoms with Gasteiger partial charge in [0, 0.05) is 12.8 Å². The predicted molar refractivity (Wildman–Crippen MR) is 56.7 cm³/mol. The molecular weight excluding hydrogens is 206 g/mol. The number of ether oxygens (including phenoxy) is 2. The highest BCUT2D eigenvalue weighted by Crippen LogP contribution is 2.37. The Morgan fingerprint density at radius 1 is 1.31 bits per heavy atom. The minimum atomic E-state index is -0.274. The molecule has 5 heteroatoms. The van der Waals surface area contributed by atoms with Crippen molar-refractivity contribution in [2.45, 2.75) is 50.5 Å². The van der Waals surface area contributed by atoms with E-state index in [0.717, 1.165) is 19.4 Å². The molecule has 0 unspecified atom stereocenters. The van der Waals surface area contributed by atoms with Crippen LogP contribution < -0.4 is 0 Å². The van der Waals surface area contributed by atoms with Gasteiger partial charge < -0.3 is 9.47 Å². The van der Waals surface area contributed by atoms with Gasteiger partial charge in [0.15, 0.2) is 5.79 Å². The lowest BCUT2D eigenvalue weighted by Crippen LogP contribution is -2.33. The third kappa shape index (κ3) is 1.97. The highest BCUT2D eigenvalue weighted by Gasteiger charge is 2.42. The molecule has 0 amide bonds. The van der Waals surface area contributed by atoms with Crippen LogP contribution in [-0.4, -0.2) is 33.3 Å². The first-order chi connectivity index (χ1) is 7.86. The summed E-state index contributed by atoms with van der Waals surface area (Å²) in [4.78, 5) is 3.92. The van der Waals surface area contributed by atoms with Gasteiger partial charge in [-0.2, -0.15) is 5.10 Å². The maximum atomic E-state index is 6.05. The van der Waals surface area contributed by atoms with E-state index in [1.165, 1.54) is 19.3 Å². The molecule has 1 saturated heterocycles. The first-order valence-electron chi connectivity index (χ1n) is 6.01. The van der Waals surface area contributed by atoms with Gasteiger partial charge in [0.1, 0.15) is 18.8 Å². The van der Waals surface area contributed by atoms with Crippen LogP contribution in [-0.2, 0) is 16.0 Å². The van der Waals surface area contributed by atoms with Gasteiger partial charge in [0.05, 0.1) is 13.2 Å². The van der Waals surface area contributed by atoms with E-state index in [1.807, 2.05) is 0 Å². The van der Waals surface area contributed by atoms with Gasteiger partial charge in [-0.25, -0.2) is 4.98 Å². The molecule has 16 heavy (non-hydrogen) atoms. The second-order valence-electron chi connectivity index (χ2n) is 4.64. The van der Waals surface area contributed by atoms with E-state index in [9.17, 15) is 0 Å². The van der Waals surface area contributed by atoms with Gasteiger partial charge in [-0.3, -0.25) is 4.68 Å². The summed E-state index contributed by atoms with van der Waals surface area (Å²) in [6.45, 7) is 1.42. The fourth-order valence-electron chi connectivity index (χ4n) is 2.59. The molecule has 1 aliphatic heterocycles. The van der Waals surface area contributed by atoms with E-state index in [2.05, 4.69) is 10.1 Å². The third-order valence-electron chi connectivity index (χ3n) is 3.39. The van der Waals surface area contributed by atoms with Crippen molar-refractivity contribution < 1.29 is 9.47 Å². The first kappa shape index (κ1) is 10.2. The number of hydrogen-bond donors (Lipinski definition) is 0. The smallest absolute Gasteiger partial charge is 0.168 e. The van der Waals surface area contributed by atoms with E-state index in [-0.39, 0.29) is 11.9 Å². The van der Waals surface area contributed by atoms with Crippen LogP contribution in [0.5, 0.6) is 0 Å². The minimum absolute atomic E-state index is 0.125. The molecule has 1 aromatic heterocycles. The van der Waals surface area contributed by atoms with Gasteiger partial charge in [-0.1, -0.05) is 6.42 Å². The van der Waals surface area contributed by atoms with Gasteiger partial charge in [-0.05, 0) is 12.8 Å². The number of nitrogens with zero attached hydrogens (tertiary/aromatic N) is 3. The number of aromatic nitrogens is 3. The molecule has 1 aliphatic carbocycles. The standard InChI is InChI=1S/C11H17N3O2/c1-2-4-11(5-3-1)15-7-10(16-11)6-14-9-12-8-13-14/h8-10H,1-7H2/t10-/m0/s1. The maximum Gasteiger partial charge on any atom is 0.168 e. The molecule has 0 aromatic carbocycles. The summed E-state index contributed by atoms with van der Waals surface area (Å²) < 4.78 is 13.7. The minimum Gasteiger partial charge on any atom is -0.347 e. The quantitative estimate of drug-likeness (QED) is 0.759. The van der Waals surface area contributed by atoms with Crippen molar-refractivity contribution in [1.29, 1.82) is 0 Å². The summed E-state index contributed by atoms with van der Waals surface area (Å²) in [7, 11) is 0. The highest BCUT2D eigenvalue weighted by atomic mass is 16.7. The molecule has 2 fully saturated rings. The lowest BCUT2D eigenvalue weighted by molar-refractivity contribution is -0.188. The molecule has 88 valence electrons. The predicted octanol–water partition coefficient (Wildman–Crippen LogP) is 1.35. The monoisotopic (exact) mass is 223 g/mol. The zero-order valence-corrected chi connectivity index (χ0v) is 9.34. The van der Waals surface area contributed by atoms with Crippen molar-refractivity contribution in [2.24, 2.45) is 0 Å². The summed E-state index contributed by atoms with van der Waals surface area (Å²) in [5.41, 5.74) is 0. The van der Waals surface area contributed by atoms with Crippen molar-refractivity contribution in [3.05, 3.63) is 12.7 Å². The van der Waals surface area contributed by atoms with Gasteiger partial charge in [0.25, 0.3) is 0 Å². The van der Waals surface area contributed by atoms with Crippen LogP contribution in [0.15, 0.2) is 12.7 Å². The van der Waals surface area contributed by atoms with Crippen molar-refractivity contribution in [3.8, 4) is 0 Å². The van der Waals surface area contributed by atoms with Crippen LogP contribution in [0, 0.1) is 0 Å². The van der Waals surface area contributed by atoms with Crippen LogP contribution in [0.4, 0.5) is 0 Å². The summed E-state index contributed by atoms with van der Waals surface area (Å²) in [6, 6.07) is 0. The molecule has 1 atom stereocenters.